The Hall–Kier alpha value is -0.750. The molecule has 0 saturated heterocycles. The maximum absolute atomic E-state index is 10.9. The van der Waals surface area contributed by atoms with Gasteiger partial charge in [-0.15, -0.1) is 0 Å². The lowest BCUT2D eigenvalue weighted by Crippen LogP contribution is -2.05. The van der Waals surface area contributed by atoms with Crippen LogP contribution in [0, 0.1) is 10.1 Å². The number of thioether (sulfide) groups is 1. The van der Waals surface area contributed by atoms with Crippen molar-refractivity contribution in [2.45, 2.75) is 24.4 Å². The highest BCUT2D eigenvalue weighted by atomic mass is 79.9. The van der Waals surface area contributed by atoms with Crippen LogP contribution in [0.2, 0.25) is 0 Å². The van der Waals surface area contributed by atoms with Gasteiger partial charge in [-0.05, 0) is 16.9 Å². The van der Waals surface area contributed by atoms with Gasteiger partial charge in [-0.2, -0.15) is 11.8 Å². The monoisotopic (exact) mass is 333 g/mol. The van der Waals surface area contributed by atoms with Crippen molar-refractivity contribution < 1.29 is 9.66 Å². The van der Waals surface area contributed by atoms with Gasteiger partial charge in [-0.25, -0.2) is 0 Å². The predicted octanol–water partition coefficient (Wildman–Crippen LogP) is 4.01. The number of hydrogen-bond donors (Lipinski definition) is 0. The van der Waals surface area contributed by atoms with Gasteiger partial charge in [-0.3, -0.25) is 10.1 Å². The van der Waals surface area contributed by atoms with Crippen LogP contribution in [-0.4, -0.2) is 22.5 Å². The van der Waals surface area contributed by atoms with Crippen molar-refractivity contribution in [3.05, 3.63) is 33.9 Å². The third-order valence-corrected chi connectivity index (χ3v) is 3.88. The maximum atomic E-state index is 10.9. The van der Waals surface area contributed by atoms with Crippen LogP contribution in [0.25, 0.3) is 0 Å². The molecule has 100 valence electrons. The summed E-state index contributed by atoms with van der Waals surface area (Å²) < 4.78 is 5.51. The first kappa shape index (κ1) is 15.3. The highest BCUT2D eigenvalue weighted by molar-refractivity contribution is 9.08. The normalized spacial score (nSPS) is 10.7. The fourth-order valence-corrected chi connectivity index (χ4v) is 2.34. The van der Waals surface area contributed by atoms with Crippen molar-refractivity contribution in [3.8, 4) is 5.75 Å². The summed E-state index contributed by atoms with van der Waals surface area (Å²) in [6.45, 7) is 4.70. The first-order valence-electron chi connectivity index (χ1n) is 5.62. The Morgan fingerprint density at radius 3 is 2.78 bits per heavy atom. The maximum Gasteiger partial charge on any atom is 0.310 e. The highest BCUT2D eigenvalue weighted by Crippen LogP contribution is 2.29. The van der Waals surface area contributed by atoms with Gasteiger partial charge < -0.3 is 4.74 Å². The fourth-order valence-electron chi connectivity index (χ4n) is 1.34. The number of nitro groups is 1. The van der Waals surface area contributed by atoms with Gasteiger partial charge in [-0.1, -0.05) is 35.8 Å². The van der Waals surface area contributed by atoms with E-state index in [1.165, 1.54) is 6.07 Å². The van der Waals surface area contributed by atoms with E-state index in [9.17, 15) is 10.1 Å². The molecule has 0 bridgehead atoms. The Balaban J connectivity index is 2.69. The minimum atomic E-state index is -0.414. The van der Waals surface area contributed by atoms with Crippen molar-refractivity contribution in [1.82, 2.24) is 0 Å². The Kier molecular flexibility index (Phi) is 6.49. The molecule has 0 unspecified atom stereocenters. The second kappa shape index (κ2) is 7.63. The standard InChI is InChI=1S/C12H16BrNO3S/c1-9(2)18-6-5-17-12-7-10(8-13)3-4-11(12)14(15)16/h3-4,7,9H,5-6,8H2,1-2H3. The van der Waals surface area contributed by atoms with Crippen molar-refractivity contribution >= 4 is 33.4 Å². The first-order chi connectivity index (χ1) is 8.54. The number of benzene rings is 1. The van der Waals surface area contributed by atoms with E-state index in [1.807, 2.05) is 0 Å². The molecule has 0 spiro atoms. The molecule has 0 aromatic heterocycles. The minimum Gasteiger partial charge on any atom is -0.486 e. The number of hydrogen-bond acceptors (Lipinski definition) is 4. The van der Waals surface area contributed by atoms with Crippen molar-refractivity contribution in [1.29, 1.82) is 0 Å². The molecule has 18 heavy (non-hydrogen) atoms. The summed E-state index contributed by atoms with van der Waals surface area (Å²) in [5.74, 6) is 1.18. The van der Waals surface area contributed by atoms with E-state index in [-0.39, 0.29) is 5.69 Å². The fraction of sp³-hybridized carbons (Fsp3) is 0.500. The summed E-state index contributed by atoms with van der Waals surface area (Å²) >= 11 is 5.10. The number of rotatable bonds is 7. The van der Waals surface area contributed by atoms with Crippen LogP contribution >= 0.6 is 27.7 Å². The molecule has 1 rings (SSSR count). The topological polar surface area (TPSA) is 52.4 Å². The van der Waals surface area contributed by atoms with E-state index in [4.69, 9.17) is 4.74 Å². The Labute approximate surface area is 119 Å². The molecule has 0 aliphatic heterocycles. The van der Waals surface area contributed by atoms with E-state index >= 15 is 0 Å². The van der Waals surface area contributed by atoms with Crippen LogP contribution in [0.5, 0.6) is 5.75 Å². The summed E-state index contributed by atoms with van der Waals surface area (Å²) in [6, 6.07) is 4.93. The number of nitrogens with zero attached hydrogens (tertiary/aromatic N) is 1. The molecule has 0 fully saturated rings. The number of alkyl halides is 1. The lowest BCUT2D eigenvalue weighted by Gasteiger charge is -2.09. The molecule has 0 heterocycles. The molecule has 6 heteroatoms. The molecule has 0 amide bonds. The zero-order valence-electron chi connectivity index (χ0n) is 10.4. The van der Waals surface area contributed by atoms with Gasteiger partial charge in [0, 0.05) is 17.1 Å². The van der Waals surface area contributed by atoms with E-state index in [1.54, 1.807) is 23.9 Å². The molecule has 0 radical (unpaired) electrons. The van der Waals surface area contributed by atoms with Crippen LogP contribution < -0.4 is 4.74 Å². The first-order valence-corrected chi connectivity index (χ1v) is 7.79. The van der Waals surface area contributed by atoms with Gasteiger partial charge >= 0.3 is 5.69 Å². The number of ether oxygens (including phenoxy) is 1. The SMILES string of the molecule is CC(C)SCCOc1cc(CBr)ccc1[N+](=O)[O-]. The lowest BCUT2D eigenvalue weighted by atomic mass is 10.2. The van der Waals surface area contributed by atoms with Gasteiger partial charge in [0.15, 0.2) is 5.75 Å². The lowest BCUT2D eigenvalue weighted by molar-refractivity contribution is -0.385. The summed E-state index contributed by atoms with van der Waals surface area (Å²) in [4.78, 5) is 10.5. The number of nitro benzene ring substituents is 1. The summed E-state index contributed by atoms with van der Waals surface area (Å²) in [7, 11) is 0. The Morgan fingerprint density at radius 2 is 2.22 bits per heavy atom. The van der Waals surface area contributed by atoms with Gasteiger partial charge in [0.2, 0.25) is 0 Å². The van der Waals surface area contributed by atoms with Crippen LogP contribution in [-0.2, 0) is 5.33 Å². The molecule has 1 aromatic rings. The van der Waals surface area contributed by atoms with Crippen LogP contribution in [0.3, 0.4) is 0 Å². The molecule has 0 aliphatic carbocycles. The van der Waals surface area contributed by atoms with E-state index < -0.39 is 4.92 Å². The van der Waals surface area contributed by atoms with Crippen LogP contribution in [0.4, 0.5) is 5.69 Å². The van der Waals surface area contributed by atoms with E-state index in [0.29, 0.717) is 22.9 Å². The molecule has 1 aromatic carbocycles. The molecule has 0 atom stereocenters. The summed E-state index contributed by atoms with van der Waals surface area (Å²) in [5, 5.41) is 12.1. The quantitative estimate of drug-likeness (QED) is 0.327. The van der Waals surface area contributed by atoms with E-state index in [0.717, 1.165) is 11.3 Å². The van der Waals surface area contributed by atoms with Gasteiger partial charge in [0.05, 0.1) is 11.5 Å². The summed E-state index contributed by atoms with van der Waals surface area (Å²) in [6.07, 6.45) is 0. The second-order valence-electron chi connectivity index (χ2n) is 3.96. The Morgan fingerprint density at radius 1 is 1.50 bits per heavy atom. The van der Waals surface area contributed by atoms with Gasteiger partial charge in [0.1, 0.15) is 0 Å². The molecule has 0 N–H and O–H groups in total. The molecule has 0 saturated carbocycles. The van der Waals surface area contributed by atoms with E-state index in [2.05, 4.69) is 29.8 Å². The molecular formula is C12H16BrNO3S. The zero-order valence-corrected chi connectivity index (χ0v) is 12.8. The average molecular weight is 334 g/mol. The van der Waals surface area contributed by atoms with Crippen molar-refractivity contribution in [3.63, 3.8) is 0 Å². The second-order valence-corrected chi connectivity index (χ2v) is 6.21. The van der Waals surface area contributed by atoms with Crippen LogP contribution in [0.1, 0.15) is 19.4 Å². The van der Waals surface area contributed by atoms with Crippen molar-refractivity contribution in [2.24, 2.45) is 0 Å². The zero-order chi connectivity index (χ0) is 13.5. The predicted molar refractivity (Wildman–Crippen MR) is 78.8 cm³/mol. The third kappa shape index (κ3) is 4.86. The molecule has 0 aliphatic rings. The smallest absolute Gasteiger partial charge is 0.310 e. The minimum absolute atomic E-state index is 0.0225. The van der Waals surface area contributed by atoms with Gasteiger partial charge in [0.25, 0.3) is 0 Å². The largest absolute Gasteiger partial charge is 0.486 e. The van der Waals surface area contributed by atoms with Crippen LogP contribution in [0.15, 0.2) is 18.2 Å². The number of halogens is 1. The Bertz CT molecular complexity index is 412. The average Bonchev–Trinajstić information content (AvgIpc) is 2.33. The summed E-state index contributed by atoms with van der Waals surface area (Å²) in [5.41, 5.74) is 0.987. The molecule has 4 nitrogen and oxygen atoms in total. The third-order valence-electron chi connectivity index (χ3n) is 2.17. The highest BCUT2D eigenvalue weighted by Gasteiger charge is 2.15. The molecular weight excluding hydrogens is 318 g/mol. The van der Waals surface area contributed by atoms with Crippen molar-refractivity contribution in [2.75, 3.05) is 12.4 Å².